The standard InChI is InChI=1S/C16H29FO2S/c1-3-4-5-9-12-14(18)16(2,17)15(19)20-13-10-7-6-8-11-13/h13-14,18H,3-12H2,1-2H3/t14-,16-/m1/s1. The van der Waals surface area contributed by atoms with Crippen molar-refractivity contribution in [2.24, 2.45) is 0 Å². The van der Waals surface area contributed by atoms with Crippen LogP contribution in [-0.4, -0.2) is 27.2 Å². The number of rotatable bonds is 8. The van der Waals surface area contributed by atoms with Gasteiger partial charge < -0.3 is 5.11 Å². The number of aliphatic hydroxyl groups is 1. The fraction of sp³-hybridized carbons (Fsp3) is 0.938. The van der Waals surface area contributed by atoms with Crippen molar-refractivity contribution >= 4 is 16.9 Å². The monoisotopic (exact) mass is 304 g/mol. The fourth-order valence-corrected chi connectivity index (χ4v) is 3.86. The van der Waals surface area contributed by atoms with Crippen molar-refractivity contribution in [1.29, 1.82) is 0 Å². The minimum atomic E-state index is -2.10. The Morgan fingerprint density at radius 3 is 2.55 bits per heavy atom. The predicted octanol–water partition coefficient (Wildman–Crippen LogP) is 4.64. The van der Waals surface area contributed by atoms with E-state index in [0.29, 0.717) is 6.42 Å². The van der Waals surface area contributed by atoms with Crippen LogP contribution < -0.4 is 0 Å². The van der Waals surface area contributed by atoms with Gasteiger partial charge in [0, 0.05) is 5.25 Å². The Bertz CT molecular complexity index is 288. The van der Waals surface area contributed by atoms with Gasteiger partial charge in [0.25, 0.3) is 0 Å². The third kappa shape index (κ3) is 5.72. The Balaban J connectivity index is 2.37. The molecule has 0 radical (unpaired) electrons. The van der Waals surface area contributed by atoms with Crippen molar-refractivity contribution < 1.29 is 14.3 Å². The van der Waals surface area contributed by atoms with Gasteiger partial charge in [0.15, 0.2) is 0 Å². The highest BCUT2D eigenvalue weighted by molar-refractivity contribution is 8.14. The molecular formula is C16H29FO2S. The van der Waals surface area contributed by atoms with Gasteiger partial charge in [-0.3, -0.25) is 4.79 Å². The summed E-state index contributed by atoms with van der Waals surface area (Å²) in [5.74, 6) is 0. The fourth-order valence-electron chi connectivity index (χ4n) is 2.62. The summed E-state index contributed by atoms with van der Waals surface area (Å²) in [4.78, 5) is 12.1. The first-order valence-electron chi connectivity index (χ1n) is 8.06. The van der Waals surface area contributed by atoms with E-state index in [1.54, 1.807) is 0 Å². The van der Waals surface area contributed by atoms with Crippen LogP contribution in [0, 0.1) is 0 Å². The summed E-state index contributed by atoms with van der Waals surface area (Å²) in [5, 5.41) is 9.74. The van der Waals surface area contributed by atoms with E-state index in [4.69, 9.17) is 0 Å². The highest BCUT2D eigenvalue weighted by atomic mass is 32.2. The molecule has 0 saturated heterocycles. The molecular weight excluding hydrogens is 275 g/mol. The Morgan fingerprint density at radius 2 is 1.95 bits per heavy atom. The Kier molecular flexibility index (Phi) is 8.11. The topological polar surface area (TPSA) is 37.3 Å². The third-order valence-electron chi connectivity index (χ3n) is 4.18. The van der Waals surface area contributed by atoms with E-state index >= 15 is 0 Å². The number of halogens is 1. The SMILES string of the molecule is CCCCCC[C@@H](O)[C@@](C)(F)C(=O)SC1CCCCC1. The maximum Gasteiger partial charge on any atom is 0.228 e. The van der Waals surface area contributed by atoms with Crippen molar-refractivity contribution in [2.45, 2.75) is 95.1 Å². The summed E-state index contributed by atoms with van der Waals surface area (Å²) in [6.45, 7) is 3.36. The van der Waals surface area contributed by atoms with Crippen molar-refractivity contribution in [3.05, 3.63) is 0 Å². The van der Waals surface area contributed by atoms with Gasteiger partial charge in [0.2, 0.25) is 10.8 Å². The molecule has 0 aromatic heterocycles. The lowest BCUT2D eigenvalue weighted by Gasteiger charge is -2.27. The Labute approximate surface area is 126 Å². The lowest BCUT2D eigenvalue weighted by atomic mass is 9.97. The van der Waals surface area contributed by atoms with Crippen molar-refractivity contribution in [2.75, 3.05) is 0 Å². The van der Waals surface area contributed by atoms with Crippen LogP contribution in [0.15, 0.2) is 0 Å². The van der Waals surface area contributed by atoms with E-state index in [9.17, 15) is 14.3 Å². The summed E-state index contributed by atoms with van der Waals surface area (Å²) in [6.07, 6.45) is 8.69. The highest BCUT2D eigenvalue weighted by Gasteiger charge is 2.41. The van der Waals surface area contributed by atoms with Gasteiger partial charge in [-0.2, -0.15) is 0 Å². The lowest BCUT2D eigenvalue weighted by Crippen LogP contribution is -2.42. The normalized spacial score (nSPS) is 21.4. The van der Waals surface area contributed by atoms with Crippen LogP contribution in [0.4, 0.5) is 4.39 Å². The van der Waals surface area contributed by atoms with E-state index in [2.05, 4.69) is 6.92 Å². The molecule has 1 saturated carbocycles. The molecule has 0 bridgehead atoms. The van der Waals surface area contributed by atoms with E-state index in [1.807, 2.05) is 0 Å². The molecule has 1 aliphatic rings. The molecule has 1 N–H and O–H groups in total. The van der Waals surface area contributed by atoms with Crippen LogP contribution in [0.1, 0.15) is 78.1 Å². The molecule has 2 nitrogen and oxygen atoms in total. The second-order valence-corrected chi connectivity index (χ2v) is 7.38. The molecule has 2 atom stereocenters. The largest absolute Gasteiger partial charge is 0.389 e. The van der Waals surface area contributed by atoms with Crippen molar-refractivity contribution in [3.63, 3.8) is 0 Å². The smallest absolute Gasteiger partial charge is 0.228 e. The molecule has 1 rings (SSSR count). The van der Waals surface area contributed by atoms with E-state index in [-0.39, 0.29) is 5.25 Å². The van der Waals surface area contributed by atoms with Crippen molar-refractivity contribution in [3.8, 4) is 0 Å². The van der Waals surface area contributed by atoms with Crippen LogP contribution >= 0.6 is 11.8 Å². The maximum absolute atomic E-state index is 14.5. The summed E-state index contributed by atoms with van der Waals surface area (Å²) in [6, 6.07) is 0. The zero-order valence-corrected chi connectivity index (χ0v) is 13.7. The summed E-state index contributed by atoms with van der Waals surface area (Å²) in [7, 11) is 0. The number of hydrogen-bond donors (Lipinski definition) is 1. The third-order valence-corrected chi connectivity index (χ3v) is 5.60. The molecule has 118 valence electrons. The van der Waals surface area contributed by atoms with Crippen LogP contribution in [0.2, 0.25) is 0 Å². The molecule has 20 heavy (non-hydrogen) atoms. The van der Waals surface area contributed by atoms with Gasteiger partial charge in [-0.05, 0) is 26.2 Å². The lowest BCUT2D eigenvalue weighted by molar-refractivity contribution is -0.127. The number of carbonyl (C=O) groups excluding carboxylic acids is 1. The predicted molar refractivity (Wildman–Crippen MR) is 83.7 cm³/mol. The van der Waals surface area contributed by atoms with E-state index < -0.39 is 16.9 Å². The molecule has 0 amide bonds. The first kappa shape index (κ1) is 18.0. The minimum absolute atomic E-state index is 0.249. The van der Waals surface area contributed by atoms with Crippen LogP contribution in [0.3, 0.4) is 0 Å². The number of carbonyl (C=O) groups is 1. The first-order chi connectivity index (χ1) is 9.48. The van der Waals surface area contributed by atoms with Gasteiger partial charge >= 0.3 is 0 Å². The molecule has 1 aliphatic carbocycles. The number of thioether (sulfide) groups is 1. The molecule has 1 fully saturated rings. The highest BCUT2D eigenvalue weighted by Crippen LogP contribution is 2.34. The van der Waals surface area contributed by atoms with Crippen LogP contribution in [0.5, 0.6) is 0 Å². The Hall–Kier alpha value is -0.0900. The summed E-state index contributed by atoms with van der Waals surface area (Å²) >= 11 is 1.13. The van der Waals surface area contributed by atoms with E-state index in [1.165, 1.54) is 13.3 Å². The second kappa shape index (κ2) is 9.04. The van der Waals surface area contributed by atoms with Gasteiger partial charge in [0.05, 0.1) is 6.10 Å². The molecule has 0 aliphatic heterocycles. The van der Waals surface area contributed by atoms with Gasteiger partial charge in [0.1, 0.15) is 0 Å². The average Bonchev–Trinajstić information content (AvgIpc) is 2.44. The quantitative estimate of drug-likeness (QED) is 0.664. The molecule has 0 spiro atoms. The second-order valence-electron chi connectivity index (χ2n) is 6.11. The maximum atomic E-state index is 14.5. The van der Waals surface area contributed by atoms with Gasteiger partial charge in [-0.25, -0.2) is 4.39 Å². The van der Waals surface area contributed by atoms with Gasteiger partial charge in [-0.1, -0.05) is 63.6 Å². The summed E-state index contributed by atoms with van der Waals surface area (Å²) in [5.41, 5.74) is -2.10. The van der Waals surface area contributed by atoms with Crippen LogP contribution in [-0.2, 0) is 4.79 Å². The molecule has 0 heterocycles. The number of aliphatic hydroxyl groups excluding tert-OH is 1. The van der Waals surface area contributed by atoms with Crippen molar-refractivity contribution in [1.82, 2.24) is 0 Å². The number of unbranched alkanes of at least 4 members (excludes halogenated alkanes) is 3. The number of hydrogen-bond acceptors (Lipinski definition) is 3. The zero-order chi connectivity index (χ0) is 15.0. The molecule has 0 aromatic carbocycles. The zero-order valence-electron chi connectivity index (χ0n) is 12.9. The molecule has 4 heteroatoms. The van der Waals surface area contributed by atoms with Gasteiger partial charge in [-0.15, -0.1) is 0 Å². The molecule has 0 aromatic rings. The summed E-state index contributed by atoms with van der Waals surface area (Å²) < 4.78 is 14.5. The molecule has 0 unspecified atom stereocenters. The Morgan fingerprint density at radius 1 is 1.30 bits per heavy atom. The van der Waals surface area contributed by atoms with E-state index in [0.717, 1.165) is 63.1 Å². The first-order valence-corrected chi connectivity index (χ1v) is 8.94. The van der Waals surface area contributed by atoms with Crippen LogP contribution in [0.25, 0.3) is 0 Å². The average molecular weight is 304 g/mol. The minimum Gasteiger partial charge on any atom is -0.389 e. The number of alkyl halides is 1.